The quantitative estimate of drug-likeness (QED) is 0.378. The molecule has 0 aromatic heterocycles. The summed E-state index contributed by atoms with van der Waals surface area (Å²) in [5, 5.41) is 8.53. The lowest BCUT2D eigenvalue weighted by molar-refractivity contribution is -0.136. The van der Waals surface area contributed by atoms with Crippen LogP contribution in [0.25, 0.3) is 0 Å². The summed E-state index contributed by atoms with van der Waals surface area (Å²) in [6.07, 6.45) is 0.504. The van der Waals surface area contributed by atoms with E-state index >= 15 is 0 Å². The summed E-state index contributed by atoms with van der Waals surface area (Å²) in [7, 11) is -3.66. The van der Waals surface area contributed by atoms with E-state index in [-0.39, 0.29) is 11.3 Å². The van der Waals surface area contributed by atoms with E-state index in [9.17, 15) is 18.4 Å². The fraction of sp³-hybridized carbons (Fsp3) is 0.269. The highest BCUT2D eigenvalue weighted by molar-refractivity contribution is 7.92. The fourth-order valence-corrected chi connectivity index (χ4v) is 6.03. The number of hydrogen-bond donors (Lipinski definition) is 2. The van der Waals surface area contributed by atoms with E-state index < -0.39 is 27.0 Å². The summed E-state index contributed by atoms with van der Waals surface area (Å²) in [4.78, 5) is 14.5. The highest BCUT2D eigenvalue weighted by Crippen LogP contribution is 2.30. The molecule has 178 valence electrons. The molecule has 34 heavy (non-hydrogen) atoms. The van der Waals surface area contributed by atoms with Crippen LogP contribution in [-0.4, -0.2) is 42.3 Å². The largest absolute Gasteiger partial charge is 0.489 e. The lowest BCUT2D eigenvalue weighted by Crippen LogP contribution is -2.52. The van der Waals surface area contributed by atoms with Crippen molar-refractivity contribution in [1.29, 1.82) is 0 Å². The second-order valence-corrected chi connectivity index (χ2v) is 10.6. The number of hydroxylamine groups is 1. The van der Waals surface area contributed by atoms with Gasteiger partial charge in [0.1, 0.15) is 12.4 Å². The summed E-state index contributed by atoms with van der Waals surface area (Å²) in [6, 6.07) is 25.0. The molecule has 0 aliphatic carbocycles. The zero-order chi connectivity index (χ0) is 24.0. The van der Waals surface area contributed by atoms with E-state index in [1.807, 2.05) is 65.6 Å². The van der Waals surface area contributed by atoms with E-state index in [0.717, 1.165) is 11.1 Å². The summed E-state index contributed by atoms with van der Waals surface area (Å²) in [5.41, 5.74) is 3.75. The Bertz CT molecular complexity index is 1180. The monoisotopic (exact) mass is 480 g/mol. The number of ether oxygens (including phenoxy) is 1. The van der Waals surface area contributed by atoms with Crippen LogP contribution in [0, 0.1) is 0 Å². The highest BCUT2D eigenvalue weighted by atomic mass is 32.2. The smallest absolute Gasteiger partial charge is 0.260 e. The Balaban J connectivity index is 1.44. The van der Waals surface area contributed by atoms with E-state index in [1.54, 1.807) is 29.7 Å². The van der Waals surface area contributed by atoms with Gasteiger partial charge in [0.25, 0.3) is 5.91 Å². The standard InChI is InChI=1S/C26H28N2O5S/c29-26(27-30)25-17-24(15-16-28(25)18-20-7-3-1-4-8-20)34(31,32)23-13-11-22(12-14-23)33-19-21-9-5-2-6-10-21/h1-14,24-25,30H,15-19H2,(H,27,29). The Morgan fingerprint density at radius 2 is 1.56 bits per heavy atom. The van der Waals surface area contributed by atoms with Gasteiger partial charge in [0.2, 0.25) is 0 Å². The number of nitrogens with zero attached hydrogens (tertiary/aromatic N) is 1. The molecule has 1 amide bonds. The average molecular weight is 481 g/mol. The number of sulfone groups is 1. The fourth-order valence-electron chi connectivity index (χ4n) is 4.28. The normalized spacial score (nSPS) is 18.9. The van der Waals surface area contributed by atoms with Gasteiger partial charge in [-0.05, 0) is 48.2 Å². The average Bonchev–Trinajstić information content (AvgIpc) is 2.88. The predicted octanol–water partition coefficient (Wildman–Crippen LogP) is 3.58. The van der Waals surface area contributed by atoms with Gasteiger partial charge in [-0.15, -0.1) is 0 Å². The lowest BCUT2D eigenvalue weighted by Gasteiger charge is -2.37. The Morgan fingerprint density at radius 1 is 0.941 bits per heavy atom. The molecule has 8 heteroatoms. The molecule has 0 saturated carbocycles. The maximum Gasteiger partial charge on any atom is 0.260 e. The van der Waals surface area contributed by atoms with Crippen molar-refractivity contribution >= 4 is 15.7 Å². The minimum Gasteiger partial charge on any atom is -0.489 e. The molecule has 3 aromatic rings. The van der Waals surface area contributed by atoms with Crippen LogP contribution in [0.3, 0.4) is 0 Å². The van der Waals surface area contributed by atoms with E-state index in [0.29, 0.717) is 31.9 Å². The molecule has 1 fully saturated rings. The molecule has 4 rings (SSSR count). The van der Waals surface area contributed by atoms with Gasteiger partial charge in [-0.3, -0.25) is 14.9 Å². The van der Waals surface area contributed by atoms with Crippen LogP contribution < -0.4 is 10.2 Å². The number of rotatable bonds is 8. The van der Waals surface area contributed by atoms with E-state index in [2.05, 4.69) is 0 Å². The van der Waals surface area contributed by atoms with Crippen molar-refractivity contribution in [2.24, 2.45) is 0 Å². The second kappa shape index (κ2) is 10.8. The molecule has 1 aliphatic rings. The molecule has 1 heterocycles. The maximum absolute atomic E-state index is 13.3. The number of carbonyl (C=O) groups excluding carboxylic acids is 1. The molecule has 7 nitrogen and oxygen atoms in total. The van der Waals surface area contributed by atoms with Crippen molar-refractivity contribution in [3.05, 3.63) is 96.1 Å². The van der Waals surface area contributed by atoms with Gasteiger partial charge in [-0.2, -0.15) is 0 Å². The van der Waals surface area contributed by atoms with Crippen molar-refractivity contribution in [2.45, 2.75) is 42.2 Å². The zero-order valence-electron chi connectivity index (χ0n) is 18.7. The molecule has 2 N–H and O–H groups in total. The molecule has 0 spiro atoms. The van der Waals surface area contributed by atoms with Gasteiger partial charge in [0.05, 0.1) is 16.2 Å². The summed E-state index contributed by atoms with van der Waals surface area (Å²) >= 11 is 0. The third kappa shape index (κ3) is 5.64. The van der Waals surface area contributed by atoms with Crippen molar-refractivity contribution in [1.82, 2.24) is 10.4 Å². The molecule has 0 bridgehead atoms. The minimum absolute atomic E-state index is 0.105. The molecule has 1 aliphatic heterocycles. The van der Waals surface area contributed by atoms with Crippen LogP contribution in [-0.2, 0) is 27.8 Å². The van der Waals surface area contributed by atoms with Crippen LogP contribution in [0.4, 0.5) is 0 Å². The van der Waals surface area contributed by atoms with Crippen LogP contribution >= 0.6 is 0 Å². The SMILES string of the molecule is O=C(NO)C1CC(S(=O)(=O)c2ccc(OCc3ccccc3)cc2)CCN1Cc1ccccc1. The lowest BCUT2D eigenvalue weighted by atomic mass is 10.00. The predicted molar refractivity (Wildman–Crippen MR) is 128 cm³/mol. The number of amides is 1. The summed E-state index contributed by atoms with van der Waals surface area (Å²) < 4.78 is 32.4. The third-order valence-electron chi connectivity index (χ3n) is 6.15. The molecular formula is C26H28N2O5S. The number of hydrogen-bond acceptors (Lipinski definition) is 6. The number of carbonyl (C=O) groups is 1. The van der Waals surface area contributed by atoms with Gasteiger partial charge in [-0.1, -0.05) is 60.7 Å². The van der Waals surface area contributed by atoms with Gasteiger partial charge in [-0.25, -0.2) is 13.9 Å². The van der Waals surface area contributed by atoms with Crippen LogP contribution in [0.5, 0.6) is 5.75 Å². The Hall–Kier alpha value is -3.20. The minimum atomic E-state index is -3.66. The third-order valence-corrected chi connectivity index (χ3v) is 8.38. The first-order valence-electron chi connectivity index (χ1n) is 11.2. The molecular weight excluding hydrogens is 452 g/mol. The number of benzene rings is 3. The first-order valence-corrected chi connectivity index (χ1v) is 12.7. The van der Waals surface area contributed by atoms with Gasteiger partial charge >= 0.3 is 0 Å². The van der Waals surface area contributed by atoms with Gasteiger partial charge in [0, 0.05) is 13.1 Å². The molecule has 2 unspecified atom stereocenters. The van der Waals surface area contributed by atoms with Crippen molar-refractivity contribution in [3.8, 4) is 5.75 Å². The highest BCUT2D eigenvalue weighted by Gasteiger charge is 2.39. The van der Waals surface area contributed by atoms with Crippen LogP contribution in [0.15, 0.2) is 89.8 Å². The van der Waals surface area contributed by atoms with Crippen molar-refractivity contribution < 1.29 is 23.2 Å². The van der Waals surface area contributed by atoms with E-state index in [4.69, 9.17) is 4.74 Å². The maximum atomic E-state index is 13.3. The second-order valence-electron chi connectivity index (χ2n) is 8.38. The van der Waals surface area contributed by atoms with E-state index in [1.165, 1.54) is 0 Å². The Kier molecular flexibility index (Phi) is 7.62. The van der Waals surface area contributed by atoms with Gasteiger partial charge < -0.3 is 4.74 Å². The van der Waals surface area contributed by atoms with Crippen LogP contribution in [0.1, 0.15) is 24.0 Å². The number of likely N-dealkylation sites (tertiary alicyclic amines) is 1. The summed E-state index contributed by atoms with van der Waals surface area (Å²) in [6.45, 7) is 1.32. The van der Waals surface area contributed by atoms with Crippen molar-refractivity contribution in [3.63, 3.8) is 0 Å². The Morgan fingerprint density at radius 3 is 2.18 bits per heavy atom. The first kappa shape index (κ1) is 23.9. The van der Waals surface area contributed by atoms with Gasteiger partial charge in [0.15, 0.2) is 9.84 Å². The first-order chi connectivity index (χ1) is 16.5. The zero-order valence-corrected chi connectivity index (χ0v) is 19.5. The molecule has 2 atom stereocenters. The number of piperidine rings is 1. The topological polar surface area (TPSA) is 95.9 Å². The van der Waals surface area contributed by atoms with Crippen LogP contribution in [0.2, 0.25) is 0 Å². The summed E-state index contributed by atoms with van der Waals surface area (Å²) in [5.74, 6) is -0.0153. The van der Waals surface area contributed by atoms with Crippen molar-refractivity contribution in [2.75, 3.05) is 6.54 Å². The molecule has 3 aromatic carbocycles. The molecule has 0 radical (unpaired) electrons. The number of nitrogens with one attached hydrogen (secondary N) is 1. The Labute approximate surface area is 199 Å². The molecule has 1 saturated heterocycles.